The fraction of sp³-hybridized carbons (Fsp3) is 0.533. The summed E-state index contributed by atoms with van der Waals surface area (Å²) in [4.78, 5) is 9.65. The molecule has 2 heterocycles. The highest BCUT2D eigenvalue weighted by Gasteiger charge is 2.34. The second-order valence-electron chi connectivity index (χ2n) is 5.33. The van der Waals surface area contributed by atoms with E-state index in [2.05, 4.69) is 47.2 Å². The molecular formula is C15H22IN3. The van der Waals surface area contributed by atoms with Crippen LogP contribution in [0.1, 0.15) is 24.8 Å². The molecule has 0 unspecified atom stereocenters. The molecule has 0 aliphatic carbocycles. The molecule has 1 aromatic carbocycles. The Hall–Kier alpha value is -0.780. The van der Waals surface area contributed by atoms with E-state index in [9.17, 15) is 0 Å². The third-order valence-electron chi connectivity index (χ3n) is 3.96. The van der Waals surface area contributed by atoms with Crippen molar-refractivity contribution in [3.05, 3.63) is 35.9 Å². The summed E-state index contributed by atoms with van der Waals surface area (Å²) in [7, 11) is 2.17. The normalized spacial score (nSPS) is 24.3. The number of fused-ring (bicyclic) bond motifs is 1. The zero-order valence-electron chi connectivity index (χ0n) is 11.5. The summed E-state index contributed by atoms with van der Waals surface area (Å²) < 4.78 is 0. The SMILES string of the molecule is CN1C[C@H]2CCCCN2C1=NCc1ccccc1.I. The molecule has 0 amide bonds. The molecule has 0 radical (unpaired) electrons. The van der Waals surface area contributed by atoms with Crippen LogP contribution in [0.4, 0.5) is 0 Å². The summed E-state index contributed by atoms with van der Waals surface area (Å²) in [5, 5.41) is 0. The zero-order valence-corrected chi connectivity index (χ0v) is 13.8. The van der Waals surface area contributed by atoms with E-state index in [1.54, 1.807) is 0 Å². The van der Waals surface area contributed by atoms with Gasteiger partial charge in [-0.25, -0.2) is 4.99 Å². The second kappa shape index (κ2) is 6.59. The van der Waals surface area contributed by atoms with Crippen molar-refractivity contribution in [2.45, 2.75) is 31.8 Å². The van der Waals surface area contributed by atoms with Gasteiger partial charge in [0.2, 0.25) is 0 Å². The van der Waals surface area contributed by atoms with Gasteiger partial charge >= 0.3 is 0 Å². The highest BCUT2D eigenvalue weighted by atomic mass is 127. The van der Waals surface area contributed by atoms with Gasteiger partial charge in [0.15, 0.2) is 5.96 Å². The minimum absolute atomic E-state index is 0. The molecule has 2 aliphatic rings. The fourth-order valence-corrected chi connectivity index (χ4v) is 3.03. The van der Waals surface area contributed by atoms with Crippen LogP contribution in [0, 0.1) is 0 Å². The number of hydrogen-bond donors (Lipinski definition) is 0. The molecule has 1 atom stereocenters. The van der Waals surface area contributed by atoms with Crippen molar-refractivity contribution in [2.75, 3.05) is 20.1 Å². The Morgan fingerprint density at radius 3 is 2.79 bits per heavy atom. The average molecular weight is 371 g/mol. The predicted molar refractivity (Wildman–Crippen MR) is 90.0 cm³/mol. The van der Waals surface area contributed by atoms with Gasteiger partial charge in [0.1, 0.15) is 0 Å². The number of hydrogen-bond acceptors (Lipinski definition) is 1. The number of nitrogens with zero attached hydrogens (tertiary/aromatic N) is 3. The van der Waals surface area contributed by atoms with Crippen molar-refractivity contribution < 1.29 is 0 Å². The van der Waals surface area contributed by atoms with Gasteiger partial charge in [0.25, 0.3) is 0 Å². The van der Waals surface area contributed by atoms with Crippen LogP contribution in [0.2, 0.25) is 0 Å². The third kappa shape index (κ3) is 3.22. The second-order valence-corrected chi connectivity index (χ2v) is 5.33. The largest absolute Gasteiger partial charge is 0.344 e. The maximum Gasteiger partial charge on any atom is 0.197 e. The quantitative estimate of drug-likeness (QED) is 0.745. The van der Waals surface area contributed by atoms with Gasteiger partial charge in [0, 0.05) is 26.2 Å². The Bertz CT molecular complexity index is 432. The zero-order chi connectivity index (χ0) is 12.4. The smallest absolute Gasteiger partial charge is 0.197 e. The molecule has 0 spiro atoms. The first-order chi connectivity index (χ1) is 8.84. The van der Waals surface area contributed by atoms with Gasteiger partial charge in [-0.15, -0.1) is 24.0 Å². The molecule has 3 nitrogen and oxygen atoms in total. The van der Waals surface area contributed by atoms with Gasteiger partial charge in [0.05, 0.1) is 6.54 Å². The van der Waals surface area contributed by atoms with Gasteiger partial charge in [-0.05, 0) is 24.8 Å². The van der Waals surface area contributed by atoms with Crippen LogP contribution in [0.5, 0.6) is 0 Å². The fourth-order valence-electron chi connectivity index (χ4n) is 3.03. The summed E-state index contributed by atoms with van der Waals surface area (Å²) in [6, 6.07) is 11.2. The van der Waals surface area contributed by atoms with Crippen LogP contribution >= 0.6 is 24.0 Å². The van der Waals surface area contributed by atoms with Crippen molar-refractivity contribution in [3.8, 4) is 0 Å². The molecular weight excluding hydrogens is 349 g/mol. The van der Waals surface area contributed by atoms with E-state index >= 15 is 0 Å². The molecule has 2 aliphatic heterocycles. The summed E-state index contributed by atoms with van der Waals surface area (Å²) in [6.07, 6.45) is 4.02. The number of aliphatic imine (C=N–C) groups is 1. The Kier molecular flexibility index (Phi) is 5.07. The first-order valence-electron chi connectivity index (χ1n) is 6.91. The summed E-state index contributed by atoms with van der Waals surface area (Å²) >= 11 is 0. The number of guanidine groups is 1. The minimum atomic E-state index is 0. The van der Waals surface area contributed by atoms with Gasteiger partial charge < -0.3 is 9.80 Å². The van der Waals surface area contributed by atoms with Crippen molar-refractivity contribution in [2.24, 2.45) is 4.99 Å². The minimum Gasteiger partial charge on any atom is -0.344 e. The molecule has 1 aromatic rings. The first kappa shape index (κ1) is 14.6. The summed E-state index contributed by atoms with van der Waals surface area (Å²) in [5.74, 6) is 1.20. The number of benzene rings is 1. The van der Waals surface area contributed by atoms with Gasteiger partial charge in [-0.1, -0.05) is 30.3 Å². The highest BCUT2D eigenvalue weighted by molar-refractivity contribution is 14.0. The molecule has 0 aromatic heterocycles. The molecule has 104 valence electrons. The lowest BCUT2D eigenvalue weighted by atomic mass is 10.0. The Balaban J connectivity index is 0.00000133. The van der Waals surface area contributed by atoms with Crippen LogP contribution in [-0.4, -0.2) is 41.9 Å². The number of likely N-dealkylation sites (N-methyl/N-ethyl adjacent to an activating group) is 1. The number of piperidine rings is 1. The van der Waals surface area contributed by atoms with E-state index in [4.69, 9.17) is 4.99 Å². The molecule has 19 heavy (non-hydrogen) atoms. The number of halogens is 1. The molecule has 0 N–H and O–H groups in total. The Morgan fingerprint density at radius 1 is 1.21 bits per heavy atom. The topological polar surface area (TPSA) is 18.8 Å². The van der Waals surface area contributed by atoms with Crippen molar-refractivity contribution in [1.29, 1.82) is 0 Å². The highest BCUT2D eigenvalue weighted by Crippen LogP contribution is 2.24. The Labute approximate surface area is 132 Å². The standard InChI is InChI=1S/C15H21N3.HI/c1-17-12-14-9-5-6-10-18(14)15(17)16-11-13-7-3-2-4-8-13;/h2-4,7-8,14H,5-6,9-12H2,1H3;1H/t14-;/m1./s1. The lowest BCUT2D eigenvalue weighted by Gasteiger charge is -2.29. The summed E-state index contributed by atoms with van der Waals surface area (Å²) in [6.45, 7) is 3.12. The first-order valence-corrected chi connectivity index (χ1v) is 6.91. The molecule has 0 saturated carbocycles. The third-order valence-corrected chi connectivity index (χ3v) is 3.96. The molecule has 3 rings (SSSR count). The monoisotopic (exact) mass is 371 g/mol. The molecule has 0 bridgehead atoms. The van der Waals surface area contributed by atoms with Crippen molar-refractivity contribution in [3.63, 3.8) is 0 Å². The maximum absolute atomic E-state index is 4.83. The van der Waals surface area contributed by atoms with Crippen LogP contribution in [-0.2, 0) is 6.54 Å². The van der Waals surface area contributed by atoms with E-state index < -0.39 is 0 Å². The number of rotatable bonds is 2. The van der Waals surface area contributed by atoms with E-state index in [1.165, 1.54) is 37.3 Å². The summed E-state index contributed by atoms with van der Waals surface area (Å²) in [5.41, 5.74) is 1.29. The molecule has 4 heteroatoms. The van der Waals surface area contributed by atoms with Crippen molar-refractivity contribution >= 4 is 29.9 Å². The van der Waals surface area contributed by atoms with E-state index in [-0.39, 0.29) is 24.0 Å². The van der Waals surface area contributed by atoms with E-state index in [1.807, 2.05) is 0 Å². The molecule has 2 fully saturated rings. The van der Waals surface area contributed by atoms with Crippen LogP contribution in [0.3, 0.4) is 0 Å². The van der Waals surface area contributed by atoms with Crippen LogP contribution in [0.15, 0.2) is 35.3 Å². The van der Waals surface area contributed by atoms with Crippen LogP contribution in [0.25, 0.3) is 0 Å². The van der Waals surface area contributed by atoms with Gasteiger partial charge in [-0.3, -0.25) is 0 Å². The van der Waals surface area contributed by atoms with E-state index in [0.717, 1.165) is 13.1 Å². The lowest BCUT2D eigenvalue weighted by molar-refractivity contribution is 0.270. The molecule has 2 saturated heterocycles. The van der Waals surface area contributed by atoms with E-state index in [0.29, 0.717) is 6.04 Å². The van der Waals surface area contributed by atoms with Crippen LogP contribution < -0.4 is 0 Å². The van der Waals surface area contributed by atoms with Crippen molar-refractivity contribution in [1.82, 2.24) is 9.80 Å². The lowest BCUT2D eigenvalue weighted by Crippen LogP contribution is -2.39. The average Bonchev–Trinajstić information content (AvgIpc) is 2.73. The maximum atomic E-state index is 4.83. The predicted octanol–water partition coefficient (Wildman–Crippen LogP) is 2.96. The Morgan fingerprint density at radius 2 is 2.00 bits per heavy atom. The van der Waals surface area contributed by atoms with Gasteiger partial charge in [-0.2, -0.15) is 0 Å².